The third-order valence-corrected chi connectivity index (χ3v) is 7.34. The second-order valence-electron chi connectivity index (χ2n) is 8.70. The number of rotatable bonds is 8. The van der Waals surface area contributed by atoms with Crippen LogP contribution in [0.15, 0.2) is 72.9 Å². The molecule has 0 saturated carbocycles. The van der Waals surface area contributed by atoms with Gasteiger partial charge in [0.25, 0.3) is 0 Å². The Morgan fingerprint density at radius 3 is 2.53 bits per heavy atom. The first-order valence-electron chi connectivity index (χ1n) is 12.0. The van der Waals surface area contributed by atoms with Crippen LogP contribution in [-0.2, 0) is 21.8 Å². The summed E-state index contributed by atoms with van der Waals surface area (Å²) in [5, 5.41) is 6.25. The van der Waals surface area contributed by atoms with Gasteiger partial charge in [-0.15, -0.1) is 11.3 Å². The minimum atomic E-state index is -0.882. The SMILES string of the molecule is c1cnc(N2CCN(c3ccc(OCC4COC(Cn5cncn5)(c5cccs5)O4)cc3)CC2)nc1. The fraction of sp³-hybridized carbons (Fsp3) is 0.360. The molecule has 0 aliphatic carbocycles. The zero-order chi connectivity index (χ0) is 24.2. The van der Waals surface area contributed by atoms with Gasteiger partial charge in [-0.1, -0.05) is 6.07 Å². The molecule has 2 atom stereocenters. The number of ether oxygens (including phenoxy) is 3. The molecule has 0 spiro atoms. The predicted octanol–water partition coefficient (Wildman–Crippen LogP) is 2.80. The Kier molecular flexibility index (Phi) is 6.50. The Morgan fingerprint density at radius 1 is 1.00 bits per heavy atom. The molecule has 2 saturated heterocycles. The molecule has 11 heteroatoms. The van der Waals surface area contributed by atoms with Crippen LogP contribution in [0.1, 0.15) is 4.88 Å². The van der Waals surface area contributed by atoms with E-state index in [-0.39, 0.29) is 6.10 Å². The van der Waals surface area contributed by atoms with Gasteiger partial charge in [0.2, 0.25) is 11.7 Å². The number of piperazine rings is 1. The van der Waals surface area contributed by atoms with Gasteiger partial charge < -0.3 is 24.0 Å². The van der Waals surface area contributed by atoms with E-state index < -0.39 is 5.79 Å². The van der Waals surface area contributed by atoms with Gasteiger partial charge in [0.05, 0.1) is 11.5 Å². The van der Waals surface area contributed by atoms with E-state index in [0.717, 1.165) is 42.8 Å². The number of hydrogen-bond acceptors (Lipinski definition) is 10. The molecule has 0 radical (unpaired) electrons. The second kappa shape index (κ2) is 10.2. The van der Waals surface area contributed by atoms with Crippen molar-refractivity contribution in [1.29, 1.82) is 0 Å². The van der Waals surface area contributed by atoms with E-state index in [0.29, 0.717) is 19.8 Å². The number of benzene rings is 1. The quantitative estimate of drug-likeness (QED) is 0.359. The van der Waals surface area contributed by atoms with Crippen molar-refractivity contribution in [3.05, 3.63) is 77.8 Å². The standard InChI is InChI=1S/C25H27N7O3S/c1-3-23(36-14-1)25(17-32-19-26-18-29-32)34-16-22(35-25)15-33-21-6-4-20(5-7-21)30-10-12-31(13-11-30)24-27-8-2-9-28-24/h1-9,14,18-19,22H,10-13,15-17H2. The molecule has 0 amide bonds. The third-order valence-electron chi connectivity index (χ3n) is 6.35. The Bertz CT molecular complexity index is 1220. The summed E-state index contributed by atoms with van der Waals surface area (Å²) in [4.78, 5) is 18.4. The average molecular weight is 506 g/mol. The maximum Gasteiger partial charge on any atom is 0.225 e. The van der Waals surface area contributed by atoms with E-state index in [2.05, 4.69) is 42.0 Å². The van der Waals surface area contributed by atoms with E-state index >= 15 is 0 Å². The van der Waals surface area contributed by atoms with Crippen molar-refractivity contribution >= 4 is 23.0 Å². The first-order chi connectivity index (χ1) is 17.8. The molecule has 0 bridgehead atoms. The van der Waals surface area contributed by atoms with E-state index in [4.69, 9.17) is 14.2 Å². The topological polar surface area (TPSA) is 90.7 Å². The molecule has 1 aromatic carbocycles. The number of nitrogens with zero attached hydrogens (tertiary/aromatic N) is 7. The highest BCUT2D eigenvalue weighted by Gasteiger charge is 2.45. The maximum atomic E-state index is 6.41. The fourth-order valence-corrected chi connectivity index (χ4v) is 5.33. The van der Waals surface area contributed by atoms with E-state index in [1.165, 1.54) is 12.0 Å². The molecule has 36 heavy (non-hydrogen) atoms. The molecule has 0 N–H and O–H groups in total. The van der Waals surface area contributed by atoms with Crippen LogP contribution in [-0.4, -0.2) is 70.2 Å². The van der Waals surface area contributed by atoms with Gasteiger partial charge in [-0.25, -0.2) is 19.6 Å². The number of hydrogen-bond donors (Lipinski definition) is 0. The molecule has 2 fully saturated rings. The Hall–Kier alpha value is -3.54. The predicted molar refractivity (Wildman–Crippen MR) is 135 cm³/mol. The van der Waals surface area contributed by atoms with Gasteiger partial charge in [0, 0.05) is 44.3 Å². The van der Waals surface area contributed by atoms with Crippen LogP contribution < -0.4 is 14.5 Å². The second-order valence-corrected chi connectivity index (χ2v) is 9.65. The highest BCUT2D eigenvalue weighted by atomic mass is 32.1. The van der Waals surface area contributed by atoms with Gasteiger partial charge in [-0.05, 0) is 41.8 Å². The van der Waals surface area contributed by atoms with Gasteiger partial charge in [-0.3, -0.25) is 0 Å². The zero-order valence-corrected chi connectivity index (χ0v) is 20.5. The number of thiophene rings is 1. The van der Waals surface area contributed by atoms with Gasteiger partial charge in [-0.2, -0.15) is 5.10 Å². The lowest BCUT2D eigenvalue weighted by molar-refractivity contribution is -0.188. The van der Waals surface area contributed by atoms with Crippen molar-refractivity contribution in [3.63, 3.8) is 0 Å². The molecule has 2 unspecified atom stereocenters. The van der Waals surface area contributed by atoms with Crippen molar-refractivity contribution in [2.24, 2.45) is 0 Å². The van der Waals surface area contributed by atoms with Crippen molar-refractivity contribution in [1.82, 2.24) is 24.7 Å². The first-order valence-corrected chi connectivity index (χ1v) is 12.8. The molecule has 2 aliphatic rings. The van der Waals surface area contributed by atoms with Crippen LogP contribution in [0.3, 0.4) is 0 Å². The lowest BCUT2D eigenvalue weighted by atomic mass is 10.2. The first kappa shape index (κ1) is 22.9. The van der Waals surface area contributed by atoms with Crippen molar-refractivity contribution in [3.8, 4) is 5.75 Å². The summed E-state index contributed by atoms with van der Waals surface area (Å²) < 4.78 is 20.4. The minimum Gasteiger partial charge on any atom is -0.491 e. The smallest absolute Gasteiger partial charge is 0.225 e. The third kappa shape index (κ3) is 4.90. The summed E-state index contributed by atoms with van der Waals surface area (Å²) in [6, 6.07) is 14.1. The molecule has 186 valence electrons. The largest absolute Gasteiger partial charge is 0.491 e. The van der Waals surface area contributed by atoms with Gasteiger partial charge in [0.15, 0.2) is 0 Å². The van der Waals surface area contributed by atoms with Gasteiger partial charge in [0.1, 0.15) is 37.7 Å². The lowest BCUT2D eigenvalue weighted by Crippen LogP contribution is -2.47. The number of anilines is 2. The Labute approximate surface area is 213 Å². The maximum absolute atomic E-state index is 6.41. The van der Waals surface area contributed by atoms with E-state index in [1.54, 1.807) is 34.7 Å². The fourth-order valence-electron chi connectivity index (χ4n) is 4.52. The van der Waals surface area contributed by atoms with Crippen LogP contribution in [0.5, 0.6) is 5.75 Å². The lowest BCUT2D eigenvalue weighted by Gasteiger charge is -2.36. The van der Waals surface area contributed by atoms with E-state index in [9.17, 15) is 0 Å². The van der Waals surface area contributed by atoms with Crippen molar-refractivity contribution in [2.75, 3.05) is 49.2 Å². The summed E-state index contributed by atoms with van der Waals surface area (Å²) in [6.07, 6.45) is 6.57. The molecule has 6 rings (SSSR count). The summed E-state index contributed by atoms with van der Waals surface area (Å²) in [6.45, 7) is 4.90. The number of aromatic nitrogens is 5. The van der Waals surface area contributed by atoms with Crippen LogP contribution in [0.4, 0.5) is 11.6 Å². The highest BCUT2D eigenvalue weighted by Crippen LogP contribution is 2.38. The summed E-state index contributed by atoms with van der Waals surface area (Å²) in [5.74, 6) is 0.721. The van der Waals surface area contributed by atoms with Gasteiger partial charge >= 0.3 is 0 Å². The average Bonchev–Trinajstić information content (AvgIpc) is 3.72. The van der Waals surface area contributed by atoms with Crippen LogP contribution >= 0.6 is 11.3 Å². The Balaban J connectivity index is 1.03. The summed E-state index contributed by atoms with van der Waals surface area (Å²) in [5.41, 5.74) is 1.18. The highest BCUT2D eigenvalue weighted by molar-refractivity contribution is 7.10. The molecular formula is C25H27N7O3S. The normalized spacial score (nSPS) is 22.2. The van der Waals surface area contributed by atoms with E-state index in [1.807, 2.05) is 35.7 Å². The molecule has 10 nitrogen and oxygen atoms in total. The molecule has 5 heterocycles. The van der Waals surface area contributed by atoms with Crippen LogP contribution in [0.25, 0.3) is 0 Å². The van der Waals surface area contributed by atoms with Crippen molar-refractivity contribution in [2.45, 2.75) is 18.4 Å². The summed E-state index contributed by atoms with van der Waals surface area (Å²) in [7, 11) is 0. The monoisotopic (exact) mass is 505 g/mol. The molecule has 2 aliphatic heterocycles. The molecular weight excluding hydrogens is 478 g/mol. The Morgan fingerprint density at radius 2 is 1.81 bits per heavy atom. The van der Waals surface area contributed by atoms with Crippen LogP contribution in [0, 0.1) is 0 Å². The summed E-state index contributed by atoms with van der Waals surface area (Å²) >= 11 is 1.60. The molecule has 4 aromatic rings. The van der Waals surface area contributed by atoms with Crippen molar-refractivity contribution < 1.29 is 14.2 Å². The zero-order valence-electron chi connectivity index (χ0n) is 19.7. The minimum absolute atomic E-state index is 0.191. The molecule has 3 aromatic heterocycles. The van der Waals surface area contributed by atoms with Crippen LogP contribution in [0.2, 0.25) is 0 Å².